The number of benzene rings is 2. The Hall–Kier alpha value is -4.20. The third kappa shape index (κ3) is 4.61. The van der Waals surface area contributed by atoms with E-state index in [-0.39, 0.29) is 0 Å². The molecule has 1 amide bonds. The fourth-order valence-corrected chi connectivity index (χ4v) is 2.86. The minimum atomic E-state index is -0.546. The molecule has 8 nitrogen and oxygen atoms in total. The number of carbonyl (C=O) groups is 1. The number of carbonyl (C=O) groups excluding carboxylic acids is 1. The van der Waals surface area contributed by atoms with Crippen LogP contribution in [0.4, 0.5) is 22.1 Å². The predicted octanol–water partition coefficient (Wildman–Crippen LogP) is 4.54. The number of nitrogens with zero attached hydrogens (tertiary/aromatic N) is 4. The highest BCUT2D eigenvalue weighted by Crippen LogP contribution is 2.24. The van der Waals surface area contributed by atoms with Crippen LogP contribution in [0.5, 0.6) is 5.75 Å². The highest BCUT2D eigenvalue weighted by atomic mass is 16.6. The van der Waals surface area contributed by atoms with Gasteiger partial charge in [-0.1, -0.05) is 30.3 Å². The van der Waals surface area contributed by atoms with Gasteiger partial charge in [-0.25, -0.2) is 14.8 Å². The average molecular weight is 400 g/mol. The normalized spacial score (nSPS) is 10.5. The Morgan fingerprint density at radius 1 is 1.00 bits per heavy atom. The van der Waals surface area contributed by atoms with Crippen LogP contribution in [0.2, 0.25) is 0 Å². The lowest BCUT2D eigenvalue weighted by molar-refractivity contribution is 0.215. The molecule has 0 radical (unpaired) electrons. The van der Waals surface area contributed by atoms with E-state index in [0.29, 0.717) is 17.4 Å². The van der Waals surface area contributed by atoms with Crippen LogP contribution in [0.25, 0.3) is 11.3 Å². The molecule has 0 saturated carbocycles. The molecule has 0 unspecified atom stereocenters. The Balaban J connectivity index is 1.46. The van der Waals surface area contributed by atoms with E-state index in [1.807, 2.05) is 38.4 Å². The number of ether oxygens (including phenoxy) is 1. The highest BCUT2D eigenvalue weighted by Gasteiger charge is 2.09. The second-order valence-electron chi connectivity index (χ2n) is 6.66. The molecule has 2 aromatic carbocycles. The van der Waals surface area contributed by atoms with Crippen molar-refractivity contribution in [2.75, 3.05) is 10.6 Å². The zero-order valence-corrected chi connectivity index (χ0v) is 16.5. The van der Waals surface area contributed by atoms with Gasteiger partial charge >= 0.3 is 6.09 Å². The number of hydrogen-bond donors (Lipinski definition) is 2. The maximum Gasteiger partial charge on any atom is 0.417 e. The van der Waals surface area contributed by atoms with E-state index in [9.17, 15) is 4.79 Å². The van der Waals surface area contributed by atoms with E-state index >= 15 is 0 Å². The van der Waals surface area contributed by atoms with Crippen LogP contribution >= 0.6 is 0 Å². The first-order valence-electron chi connectivity index (χ1n) is 9.30. The third-order valence-corrected chi connectivity index (χ3v) is 4.29. The van der Waals surface area contributed by atoms with Gasteiger partial charge in [0.05, 0.1) is 17.6 Å². The monoisotopic (exact) mass is 400 g/mol. The molecule has 0 aliphatic carbocycles. The SMILES string of the molecule is Cc1cnc(Nc2cnn(C)c2)nc1-c1ccc(NC(=O)Oc2ccccc2)cc1. The van der Waals surface area contributed by atoms with Crippen LogP contribution in [-0.4, -0.2) is 25.8 Å². The largest absolute Gasteiger partial charge is 0.417 e. The second kappa shape index (κ2) is 8.44. The van der Waals surface area contributed by atoms with Crippen molar-refractivity contribution in [3.8, 4) is 17.0 Å². The molecule has 0 spiro atoms. The van der Waals surface area contributed by atoms with E-state index < -0.39 is 6.09 Å². The van der Waals surface area contributed by atoms with E-state index in [1.165, 1.54) is 0 Å². The Labute approximate surface area is 173 Å². The molecule has 2 aromatic heterocycles. The minimum absolute atomic E-state index is 0.483. The Bertz CT molecular complexity index is 1160. The van der Waals surface area contributed by atoms with Crippen molar-refractivity contribution < 1.29 is 9.53 Å². The molecule has 8 heteroatoms. The quantitative estimate of drug-likeness (QED) is 0.511. The lowest BCUT2D eigenvalue weighted by Crippen LogP contribution is -2.16. The summed E-state index contributed by atoms with van der Waals surface area (Å²) in [4.78, 5) is 21.0. The van der Waals surface area contributed by atoms with Crippen LogP contribution in [0.15, 0.2) is 73.2 Å². The summed E-state index contributed by atoms with van der Waals surface area (Å²) in [7, 11) is 1.85. The van der Waals surface area contributed by atoms with Gasteiger partial charge < -0.3 is 10.1 Å². The Morgan fingerprint density at radius 2 is 1.77 bits per heavy atom. The summed E-state index contributed by atoms with van der Waals surface area (Å²) in [5, 5.41) is 9.98. The summed E-state index contributed by atoms with van der Waals surface area (Å²) in [5.41, 5.74) is 4.08. The molecule has 0 fully saturated rings. The molecule has 150 valence electrons. The predicted molar refractivity (Wildman–Crippen MR) is 115 cm³/mol. The van der Waals surface area contributed by atoms with Crippen LogP contribution in [-0.2, 0) is 7.05 Å². The fourth-order valence-electron chi connectivity index (χ4n) is 2.86. The number of rotatable bonds is 5. The van der Waals surface area contributed by atoms with E-state index in [0.717, 1.165) is 22.5 Å². The van der Waals surface area contributed by atoms with E-state index in [2.05, 4.69) is 25.7 Å². The van der Waals surface area contributed by atoms with Crippen molar-refractivity contribution in [3.05, 3.63) is 78.8 Å². The van der Waals surface area contributed by atoms with Gasteiger partial charge in [0.25, 0.3) is 0 Å². The molecule has 30 heavy (non-hydrogen) atoms. The van der Waals surface area contributed by atoms with Crippen LogP contribution in [0, 0.1) is 6.92 Å². The summed E-state index contributed by atoms with van der Waals surface area (Å²) < 4.78 is 6.94. The second-order valence-corrected chi connectivity index (χ2v) is 6.66. The van der Waals surface area contributed by atoms with Gasteiger partial charge in [0.2, 0.25) is 5.95 Å². The number of aromatic nitrogens is 4. The van der Waals surface area contributed by atoms with Gasteiger partial charge in [0.15, 0.2) is 0 Å². The van der Waals surface area contributed by atoms with Crippen LogP contribution in [0.1, 0.15) is 5.56 Å². The van der Waals surface area contributed by atoms with Gasteiger partial charge in [-0.05, 0) is 36.8 Å². The van der Waals surface area contributed by atoms with Crippen LogP contribution < -0.4 is 15.4 Å². The first kappa shape index (κ1) is 19.1. The zero-order valence-electron chi connectivity index (χ0n) is 16.5. The number of amides is 1. The molecule has 0 bridgehead atoms. The van der Waals surface area contributed by atoms with Crippen molar-refractivity contribution >= 4 is 23.4 Å². The van der Waals surface area contributed by atoms with Crippen molar-refractivity contribution in [3.63, 3.8) is 0 Å². The average Bonchev–Trinajstić information content (AvgIpc) is 3.15. The van der Waals surface area contributed by atoms with Crippen molar-refractivity contribution in [1.29, 1.82) is 0 Å². The lowest BCUT2D eigenvalue weighted by Gasteiger charge is -2.10. The minimum Gasteiger partial charge on any atom is -0.410 e. The fraction of sp³-hybridized carbons (Fsp3) is 0.0909. The van der Waals surface area contributed by atoms with Crippen molar-refractivity contribution in [2.45, 2.75) is 6.92 Å². The summed E-state index contributed by atoms with van der Waals surface area (Å²) in [6.45, 7) is 1.95. The van der Waals surface area contributed by atoms with Gasteiger partial charge in [-0.3, -0.25) is 10.00 Å². The first-order valence-corrected chi connectivity index (χ1v) is 9.30. The molecule has 0 saturated heterocycles. The highest BCUT2D eigenvalue weighted by molar-refractivity contribution is 5.86. The lowest BCUT2D eigenvalue weighted by atomic mass is 10.1. The van der Waals surface area contributed by atoms with Gasteiger partial charge in [0, 0.05) is 30.7 Å². The zero-order chi connectivity index (χ0) is 20.9. The van der Waals surface area contributed by atoms with Crippen molar-refractivity contribution in [2.24, 2.45) is 7.05 Å². The molecular weight excluding hydrogens is 380 g/mol. The number of nitrogens with one attached hydrogen (secondary N) is 2. The Morgan fingerprint density at radius 3 is 2.47 bits per heavy atom. The molecular formula is C22H20N6O2. The number of hydrogen-bond acceptors (Lipinski definition) is 6. The summed E-state index contributed by atoms with van der Waals surface area (Å²) >= 11 is 0. The molecule has 0 aliphatic rings. The third-order valence-electron chi connectivity index (χ3n) is 4.29. The van der Waals surface area contributed by atoms with Gasteiger partial charge in [0.1, 0.15) is 5.75 Å². The molecule has 2 heterocycles. The maximum absolute atomic E-state index is 12.0. The van der Waals surface area contributed by atoms with E-state index in [1.54, 1.807) is 53.5 Å². The summed E-state index contributed by atoms with van der Waals surface area (Å²) in [6, 6.07) is 16.3. The Kier molecular flexibility index (Phi) is 5.38. The van der Waals surface area contributed by atoms with E-state index in [4.69, 9.17) is 4.74 Å². The smallest absolute Gasteiger partial charge is 0.410 e. The van der Waals surface area contributed by atoms with Gasteiger partial charge in [-0.2, -0.15) is 5.10 Å². The summed E-state index contributed by atoms with van der Waals surface area (Å²) in [6.07, 6.45) is 4.77. The first-order chi connectivity index (χ1) is 14.6. The molecule has 2 N–H and O–H groups in total. The van der Waals surface area contributed by atoms with Gasteiger partial charge in [-0.15, -0.1) is 0 Å². The molecule has 4 aromatic rings. The van der Waals surface area contributed by atoms with Crippen molar-refractivity contribution in [1.82, 2.24) is 19.7 Å². The van der Waals surface area contributed by atoms with Crippen LogP contribution in [0.3, 0.4) is 0 Å². The number of anilines is 3. The number of para-hydroxylation sites is 1. The maximum atomic E-state index is 12.0. The standard InChI is InChI=1S/C22H20N6O2/c1-15-12-23-21(25-18-13-24-28(2)14-18)27-20(15)16-8-10-17(11-9-16)26-22(29)30-19-6-4-3-5-7-19/h3-14H,1-2H3,(H,26,29)(H,23,25,27). The summed E-state index contributed by atoms with van der Waals surface area (Å²) in [5.74, 6) is 0.967. The topological polar surface area (TPSA) is 94.0 Å². The number of aryl methyl sites for hydroxylation is 2. The molecule has 0 aliphatic heterocycles. The molecule has 0 atom stereocenters. The molecule has 4 rings (SSSR count).